The summed E-state index contributed by atoms with van der Waals surface area (Å²) in [6.45, 7) is 6.01. The molecule has 0 aliphatic heterocycles. The lowest BCUT2D eigenvalue weighted by molar-refractivity contribution is -0.113. The van der Waals surface area contributed by atoms with Crippen molar-refractivity contribution in [3.05, 3.63) is 76.4 Å². The highest BCUT2D eigenvalue weighted by Gasteiger charge is 2.25. The van der Waals surface area contributed by atoms with E-state index in [1.165, 1.54) is 0 Å². The van der Waals surface area contributed by atoms with Crippen molar-refractivity contribution < 1.29 is 9.00 Å². The van der Waals surface area contributed by atoms with Crippen LogP contribution in [0.15, 0.2) is 70.2 Å². The van der Waals surface area contributed by atoms with Gasteiger partial charge in [0, 0.05) is 26.8 Å². The number of anilines is 1. The van der Waals surface area contributed by atoms with Crippen molar-refractivity contribution in [2.75, 3.05) is 11.1 Å². The zero-order valence-electron chi connectivity index (χ0n) is 17.5. The summed E-state index contributed by atoms with van der Waals surface area (Å²) in [5.74, 6) is -0.701. The molecule has 0 spiro atoms. The van der Waals surface area contributed by atoms with Gasteiger partial charge in [0.2, 0.25) is 5.91 Å². The summed E-state index contributed by atoms with van der Waals surface area (Å²) in [5, 5.41) is 12.7. The topological polar surface area (TPSA) is 82.8 Å². The SMILES string of the molecule is CC(C)(C)c1cc(-c2ccccc2)c(C#N)c(S(=O)CC(=O)Nc2ccc(Br)cc2)n1. The lowest BCUT2D eigenvalue weighted by Gasteiger charge is -2.21. The van der Waals surface area contributed by atoms with Gasteiger partial charge in [-0.25, -0.2) is 4.98 Å². The Labute approximate surface area is 193 Å². The minimum atomic E-state index is -1.79. The first-order valence-corrected chi connectivity index (χ1v) is 11.7. The number of carbonyl (C=O) groups is 1. The number of rotatable bonds is 5. The van der Waals surface area contributed by atoms with E-state index in [1.54, 1.807) is 24.3 Å². The Morgan fingerprint density at radius 2 is 1.77 bits per heavy atom. The number of nitriles is 1. The second-order valence-corrected chi connectivity index (χ2v) is 10.3. The maximum atomic E-state index is 13.2. The van der Waals surface area contributed by atoms with Crippen LogP contribution in [0.25, 0.3) is 11.1 Å². The number of carbonyl (C=O) groups excluding carboxylic acids is 1. The van der Waals surface area contributed by atoms with Gasteiger partial charge in [-0.2, -0.15) is 5.26 Å². The highest BCUT2D eigenvalue weighted by atomic mass is 79.9. The van der Waals surface area contributed by atoms with Crippen LogP contribution in [0.1, 0.15) is 32.0 Å². The summed E-state index contributed by atoms with van der Waals surface area (Å²) < 4.78 is 14.1. The zero-order valence-corrected chi connectivity index (χ0v) is 19.9. The van der Waals surface area contributed by atoms with Crippen molar-refractivity contribution in [3.63, 3.8) is 0 Å². The standard InChI is InChI=1S/C24H22BrN3O2S/c1-24(2,3)21-13-19(16-7-5-4-6-8-16)20(14-26)23(28-21)31(30)15-22(29)27-18-11-9-17(25)10-12-18/h4-13H,15H2,1-3H3,(H,27,29). The predicted octanol–water partition coefficient (Wildman–Crippen LogP) is 5.43. The van der Waals surface area contributed by atoms with E-state index >= 15 is 0 Å². The molecule has 0 radical (unpaired) electrons. The molecule has 0 saturated carbocycles. The minimum Gasteiger partial charge on any atom is -0.325 e. The van der Waals surface area contributed by atoms with E-state index in [0.717, 1.165) is 10.0 Å². The van der Waals surface area contributed by atoms with Gasteiger partial charge in [-0.1, -0.05) is 67.0 Å². The molecule has 1 aromatic heterocycles. The maximum Gasteiger partial charge on any atom is 0.237 e. The molecular weight excluding hydrogens is 474 g/mol. The van der Waals surface area contributed by atoms with Crippen molar-refractivity contribution in [1.29, 1.82) is 5.26 Å². The Morgan fingerprint density at radius 3 is 2.35 bits per heavy atom. The molecule has 1 N–H and O–H groups in total. The summed E-state index contributed by atoms with van der Waals surface area (Å²) >= 11 is 3.35. The number of pyridine rings is 1. The van der Waals surface area contributed by atoms with Crippen molar-refractivity contribution >= 4 is 38.3 Å². The molecule has 0 aliphatic carbocycles. The van der Waals surface area contributed by atoms with E-state index in [4.69, 9.17) is 0 Å². The third kappa shape index (κ3) is 5.66. The van der Waals surface area contributed by atoms with Crippen molar-refractivity contribution in [1.82, 2.24) is 4.98 Å². The molecule has 3 rings (SSSR count). The van der Waals surface area contributed by atoms with Gasteiger partial charge in [0.25, 0.3) is 0 Å². The summed E-state index contributed by atoms with van der Waals surface area (Å²) in [4.78, 5) is 17.1. The first kappa shape index (κ1) is 22.9. The quantitative estimate of drug-likeness (QED) is 0.511. The Bertz CT molecular complexity index is 1160. The normalized spacial score (nSPS) is 12.1. The number of benzene rings is 2. The molecule has 158 valence electrons. The number of hydrogen-bond acceptors (Lipinski definition) is 4. The van der Waals surface area contributed by atoms with Gasteiger partial charge in [-0.05, 0) is 35.9 Å². The largest absolute Gasteiger partial charge is 0.325 e. The molecule has 0 aliphatic rings. The first-order chi connectivity index (χ1) is 14.7. The van der Waals surface area contributed by atoms with E-state index < -0.39 is 16.7 Å². The van der Waals surface area contributed by atoms with Crippen LogP contribution in [0.2, 0.25) is 0 Å². The van der Waals surface area contributed by atoms with E-state index in [9.17, 15) is 14.3 Å². The van der Waals surface area contributed by atoms with Crippen LogP contribution in [0.5, 0.6) is 0 Å². The third-order valence-electron chi connectivity index (χ3n) is 4.56. The average molecular weight is 496 g/mol. The summed E-state index contributed by atoms with van der Waals surface area (Å²) in [7, 11) is -1.79. The van der Waals surface area contributed by atoms with Crippen LogP contribution >= 0.6 is 15.9 Å². The summed E-state index contributed by atoms with van der Waals surface area (Å²) in [6.07, 6.45) is 0. The van der Waals surface area contributed by atoms with Gasteiger partial charge in [0.15, 0.2) is 0 Å². The lowest BCUT2D eigenvalue weighted by atomic mass is 9.89. The molecule has 31 heavy (non-hydrogen) atoms. The molecule has 1 unspecified atom stereocenters. The first-order valence-electron chi connectivity index (χ1n) is 9.64. The molecule has 2 aromatic carbocycles. The van der Waals surface area contributed by atoms with Crippen LogP contribution in [-0.4, -0.2) is 20.9 Å². The predicted molar refractivity (Wildman–Crippen MR) is 127 cm³/mol. The van der Waals surface area contributed by atoms with Crippen LogP contribution in [0.4, 0.5) is 5.69 Å². The summed E-state index contributed by atoms with van der Waals surface area (Å²) in [5.41, 5.74) is 2.73. The lowest BCUT2D eigenvalue weighted by Crippen LogP contribution is -2.22. The van der Waals surface area contributed by atoms with E-state index in [-0.39, 0.29) is 21.8 Å². The monoisotopic (exact) mass is 495 g/mol. The molecule has 1 amide bonds. The number of nitrogens with zero attached hydrogens (tertiary/aromatic N) is 2. The second-order valence-electron chi connectivity index (χ2n) is 8.01. The zero-order chi connectivity index (χ0) is 22.6. The van der Waals surface area contributed by atoms with Gasteiger partial charge in [0.05, 0.1) is 16.4 Å². The van der Waals surface area contributed by atoms with Crippen molar-refractivity contribution in [2.24, 2.45) is 0 Å². The maximum absolute atomic E-state index is 13.2. The van der Waals surface area contributed by atoms with E-state index in [2.05, 4.69) is 32.3 Å². The fraction of sp³-hybridized carbons (Fsp3) is 0.208. The smallest absolute Gasteiger partial charge is 0.237 e. The molecule has 0 saturated heterocycles. The number of nitrogens with one attached hydrogen (secondary N) is 1. The summed E-state index contributed by atoms with van der Waals surface area (Å²) in [6, 6.07) is 20.6. The van der Waals surface area contributed by atoms with Crippen LogP contribution in [0.3, 0.4) is 0 Å². The third-order valence-corrected chi connectivity index (χ3v) is 6.34. The molecule has 0 bridgehead atoms. The molecule has 1 heterocycles. The Balaban J connectivity index is 1.98. The fourth-order valence-corrected chi connectivity index (χ4v) is 4.24. The van der Waals surface area contributed by atoms with E-state index in [1.807, 2.05) is 57.2 Å². The number of hydrogen-bond donors (Lipinski definition) is 1. The van der Waals surface area contributed by atoms with E-state index in [0.29, 0.717) is 16.9 Å². The highest BCUT2D eigenvalue weighted by molar-refractivity contribution is 9.10. The molecule has 0 fully saturated rings. The molecule has 5 nitrogen and oxygen atoms in total. The second kappa shape index (κ2) is 9.54. The van der Waals surface area contributed by atoms with Gasteiger partial charge in [0.1, 0.15) is 16.8 Å². The van der Waals surface area contributed by atoms with Crippen molar-refractivity contribution in [2.45, 2.75) is 31.2 Å². The number of halogens is 1. The molecule has 3 aromatic rings. The van der Waals surface area contributed by atoms with Crippen LogP contribution < -0.4 is 5.32 Å². The number of aromatic nitrogens is 1. The average Bonchev–Trinajstić information content (AvgIpc) is 2.74. The van der Waals surface area contributed by atoms with Gasteiger partial charge >= 0.3 is 0 Å². The fourth-order valence-electron chi connectivity index (χ4n) is 2.94. The molecular formula is C24H22BrN3O2S. The number of amides is 1. The Hall–Kier alpha value is -2.82. The van der Waals surface area contributed by atoms with Crippen LogP contribution in [0, 0.1) is 11.3 Å². The van der Waals surface area contributed by atoms with Crippen molar-refractivity contribution in [3.8, 4) is 17.2 Å². The highest BCUT2D eigenvalue weighted by Crippen LogP contribution is 2.32. The van der Waals surface area contributed by atoms with Gasteiger partial charge < -0.3 is 5.32 Å². The molecule has 1 atom stereocenters. The van der Waals surface area contributed by atoms with Gasteiger partial charge in [-0.3, -0.25) is 9.00 Å². The van der Waals surface area contributed by atoms with Crippen LogP contribution in [-0.2, 0) is 21.0 Å². The minimum absolute atomic E-state index is 0.139. The Kier molecular flexibility index (Phi) is 7.04. The van der Waals surface area contributed by atoms with Gasteiger partial charge in [-0.15, -0.1) is 0 Å². The molecule has 7 heteroatoms. The Morgan fingerprint density at radius 1 is 1.13 bits per heavy atom.